The van der Waals surface area contributed by atoms with E-state index in [1.54, 1.807) is 0 Å². The molecule has 0 bridgehead atoms. The molecule has 12 aromatic rings. The summed E-state index contributed by atoms with van der Waals surface area (Å²) in [7, 11) is 0. The number of nitrogens with zero attached hydrogens (tertiary/aromatic N) is 5. The van der Waals surface area contributed by atoms with Crippen LogP contribution in [0, 0.1) is 0 Å². The first-order chi connectivity index (χ1) is 35.7. The molecule has 2 heterocycles. The highest BCUT2D eigenvalue weighted by Gasteiger charge is 2.21. The van der Waals surface area contributed by atoms with Crippen molar-refractivity contribution in [2.45, 2.75) is 6.17 Å². The minimum Gasteiger partial charge on any atom is -0.438 e. The molecule has 5 heteroatoms. The van der Waals surface area contributed by atoms with Crippen molar-refractivity contribution in [1.29, 1.82) is 0 Å². The fourth-order valence-electron chi connectivity index (χ4n) is 10.1. The molecule has 0 spiro atoms. The Morgan fingerprint density at radius 2 is 0.764 bits per heavy atom. The summed E-state index contributed by atoms with van der Waals surface area (Å²) in [6.45, 7) is 0. The first-order valence-corrected chi connectivity index (χ1v) is 24.3. The lowest BCUT2D eigenvalue weighted by atomic mass is 9.83. The summed E-state index contributed by atoms with van der Waals surface area (Å²) < 4.78 is 0. The third-order valence-electron chi connectivity index (χ3n) is 13.7. The van der Waals surface area contributed by atoms with Crippen LogP contribution in [0.25, 0.3) is 105 Å². The van der Waals surface area contributed by atoms with E-state index in [2.05, 4.69) is 206 Å². The second kappa shape index (κ2) is 18.4. The highest BCUT2D eigenvalue weighted by atomic mass is 15.2. The van der Waals surface area contributed by atoms with Crippen LogP contribution in [0.2, 0.25) is 0 Å². The Balaban J connectivity index is 0.913. The van der Waals surface area contributed by atoms with Crippen LogP contribution < -0.4 is 0 Å². The van der Waals surface area contributed by atoms with Crippen LogP contribution in [0.4, 0.5) is 0 Å². The highest BCUT2D eigenvalue weighted by molar-refractivity contribution is 6.19. The smallest absolute Gasteiger partial charge is 0.160 e. The SMILES string of the molecule is c1ccc(C2=NC(c3ccc4ccccc4c3)[N-]C(c3ccc(-c4ccc5ccccc5c4-c4c(-c5ccc(-c6nc(-c7ccccc7)cc(-c7ccccc7)n6)cc5)ccc5ccccc45)cc3)=N2)cc1. The van der Waals surface area contributed by atoms with Crippen LogP contribution in [0.3, 0.4) is 0 Å². The average Bonchev–Trinajstić information content (AvgIpc) is 3.47. The average molecular weight is 919 g/mol. The Hall–Kier alpha value is -9.58. The minimum absolute atomic E-state index is 0.443. The van der Waals surface area contributed by atoms with Gasteiger partial charge in [0.25, 0.3) is 0 Å². The van der Waals surface area contributed by atoms with Gasteiger partial charge in [0.05, 0.1) is 23.4 Å². The lowest BCUT2D eigenvalue weighted by Gasteiger charge is -2.32. The third kappa shape index (κ3) is 8.09. The fourth-order valence-corrected chi connectivity index (χ4v) is 10.1. The van der Waals surface area contributed by atoms with Gasteiger partial charge in [-0.1, -0.05) is 255 Å². The van der Waals surface area contributed by atoms with E-state index in [0.29, 0.717) is 17.5 Å². The number of aliphatic imine (C=N–C) groups is 2. The molecule has 0 saturated carbocycles. The number of fused-ring (bicyclic) bond motifs is 3. The van der Waals surface area contributed by atoms with Gasteiger partial charge in [-0.05, 0) is 94.5 Å². The standard InChI is InChI=1S/C67H44N5/c1-4-19-49(20-5-1)60-43-61(50-21-6-2-7-22-50)69-64(68-60)52-33-29-47(30-34-52)58-40-38-45-17-12-14-26-56(45)62(58)63-57-27-15-13-18-46(57)39-41-59(63)48-31-35-53(36-32-48)66-70-65(51-23-8-3-9-24-51)71-67(72-66)55-37-28-44-16-10-11-25-54(44)42-55/h1-43,67H/q-1. The molecule has 0 radical (unpaired) electrons. The summed E-state index contributed by atoms with van der Waals surface area (Å²) in [5, 5.41) is 12.3. The fraction of sp³-hybridized carbons (Fsp3) is 0.0149. The Kier molecular flexibility index (Phi) is 10.9. The van der Waals surface area contributed by atoms with E-state index in [0.717, 1.165) is 72.4 Å². The van der Waals surface area contributed by atoms with Crippen LogP contribution in [-0.2, 0) is 0 Å². The zero-order valence-electron chi connectivity index (χ0n) is 39.1. The monoisotopic (exact) mass is 918 g/mol. The molecule has 13 rings (SSSR count). The zero-order valence-corrected chi connectivity index (χ0v) is 39.1. The van der Waals surface area contributed by atoms with Gasteiger partial charge in [-0.15, -0.1) is 0 Å². The summed E-state index contributed by atoms with van der Waals surface area (Å²) in [5.74, 6) is 2.00. The minimum atomic E-state index is -0.443. The molecule has 1 unspecified atom stereocenters. The number of hydrogen-bond acceptors (Lipinski definition) is 4. The maximum absolute atomic E-state index is 5.21. The summed E-state index contributed by atoms with van der Waals surface area (Å²) in [4.78, 5) is 20.5. The molecule has 0 aliphatic carbocycles. The summed E-state index contributed by atoms with van der Waals surface area (Å²) in [5.41, 5.74) is 14.5. The third-order valence-corrected chi connectivity index (χ3v) is 13.7. The zero-order chi connectivity index (χ0) is 47.8. The van der Waals surface area contributed by atoms with Crippen molar-refractivity contribution in [3.05, 3.63) is 283 Å². The van der Waals surface area contributed by atoms with Gasteiger partial charge in [0.1, 0.15) is 0 Å². The highest BCUT2D eigenvalue weighted by Crippen LogP contribution is 2.46. The second-order valence-corrected chi connectivity index (χ2v) is 18.1. The van der Waals surface area contributed by atoms with E-state index in [1.165, 1.54) is 38.1 Å². The van der Waals surface area contributed by atoms with Gasteiger partial charge in [-0.25, -0.2) is 9.97 Å². The first-order valence-electron chi connectivity index (χ1n) is 24.3. The molecule has 5 nitrogen and oxygen atoms in total. The number of aromatic nitrogens is 2. The number of hydrogen-bond donors (Lipinski definition) is 0. The van der Waals surface area contributed by atoms with Gasteiger partial charge in [-0.3, -0.25) is 4.99 Å². The van der Waals surface area contributed by atoms with Crippen molar-refractivity contribution in [2.24, 2.45) is 9.98 Å². The van der Waals surface area contributed by atoms with Crippen LogP contribution >= 0.6 is 0 Å². The number of amidine groups is 2. The van der Waals surface area contributed by atoms with Crippen LogP contribution in [0.15, 0.2) is 271 Å². The van der Waals surface area contributed by atoms with Crippen LogP contribution in [0.5, 0.6) is 0 Å². The van der Waals surface area contributed by atoms with Crippen LogP contribution in [0.1, 0.15) is 22.9 Å². The van der Waals surface area contributed by atoms with E-state index < -0.39 is 6.17 Å². The van der Waals surface area contributed by atoms with Crippen molar-refractivity contribution in [3.63, 3.8) is 0 Å². The Morgan fingerprint density at radius 1 is 0.319 bits per heavy atom. The molecule has 1 aromatic heterocycles. The van der Waals surface area contributed by atoms with Gasteiger partial charge in [-0.2, -0.15) is 0 Å². The molecule has 0 amide bonds. The maximum atomic E-state index is 5.21. The predicted molar refractivity (Wildman–Crippen MR) is 299 cm³/mol. The van der Waals surface area contributed by atoms with Gasteiger partial charge < -0.3 is 10.3 Å². The molecular weight excluding hydrogens is 875 g/mol. The molecule has 1 atom stereocenters. The molecule has 0 saturated heterocycles. The molecule has 0 fully saturated rings. The predicted octanol–water partition coefficient (Wildman–Crippen LogP) is 17.2. The van der Waals surface area contributed by atoms with Crippen molar-refractivity contribution >= 4 is 44.0 Å². The molecule has 72 heavy (non-hydrogen) atoms. The first kappa shape index (κ1) is 42.5. The van der Waals surface area contributed by atoms with E-state index >= 15 is 0 Å². The van der Waals surface area contributed by atoms with Gasteiger partial charge in [0.2, 0.25) is 0 Å². The quantitative estimate of drug-likeness (QED) is 0.145. The van der Waals surface area contributed by atoms with E-state index in [-0.39, 0.29) is 0 Å². The lowest BCUT2D eigenvalue weighted by molar-refractivity contribution is 0.880. The normalized spacial score (nSPS) is 13.4. The number of benzene rings is 11. The van der Waals surface area contributed by atoms with Crippen LogP contribution in [-0.4, -0.2) is 21.6 Å². The topological polar surface area (TPSA) is 64.6 Å². The number of rotatable bonds is 9. The summed E-state index contributed by atoms with van der Waals surface area (Å²) in [6, 6.07) is 91.8. The van der Waals surface area contributed by atoms with Crippen molar-refractivity contribution in [3.8, 4) is 67.3 Å². The van der Waals surface area contributed by atoms with E-state index in [1.807, 2.05) is 54.6 Å². The molecule has 11 aromatic carbocycles. The molecule has 0 N–H and O–H groups in total. The molecule has 1 aliphatic rings. The summed E-state index contributed by atoms with van der Waals surface area (Å²) >= 11 is 0. The van der Waals surface area contributed by atoms with Crippen molar-refractivity contribution in [1.82, 2.24) is 9.97 Å². The van der Waals surface area contributed by atoms with Crippen molar-refractivity contribution in [2.75, 3.05) is 0 Å². The molecular formula is C67H44N5-. The second-order valence-electron chi connectivity index (χ2n) is 18.1. The van der Waals surface area contributed by atoms with E-state index in [4.69, 9.17) is 25.3 Å². The van der Waals surface area contributed by atoms with Crippen molar-refractivity contribution < 1.29 is 0 Å². The van der Waals surface area contributed by atoms with Gasteiger partial charge in [0.15, 0.2) is 5.82 Å². The lowest BCUT2D eigenvalue weighted by Crippen LogP contribution is -2.15. The van der Waals surface area contributed by atoms with Gasteiger partial charge in [0, 0.05) is 16.7 Å². The Labute approximate surface area is 418 Å². The van der Waals surface area contributed by atoms with Gasteiger partial charge >= 0.3 is 0 Å². The molecule has 1 aliphatic heterocycles. The summed E-state index contributed by atoms with van der Waals surface area (Å²) in [6.07, 6.45) is -0.443. The molecule has 338 valence electrons. The maximum Gasteiger partial charge on any atom is 0.160 e. The Bertz CT molecular complexity index is 3980. The Morgan fingerprint density at radius 3 is 1.32 bits per heavy atom. The van der Waals surface area contributed by atoms with E-state index in [9.17, 15) is 0 Å². The largest absolute Gasteiger partial charge is 0.438 e.